The lowest BCUT2D eigenvalue weighted by Crippen LogP contribution is -1.96. The standard InChI is InChI=1S/C12H8ClFN2O3/c13-9-5-7(1-3-10(9)14)19-8-2-4-12(16(17)18)11(15)6-8/h1-6H,15H2. The fourth-order valence-corrected chi connectivity index (χ4v) is 1.61. The van der Waals surface area contributed by atoms with Crippen molar-refractivity contribution in [3.05, 3.63) is 57.4 Å². The van der Waals surface area contributed by atoms with Crippen molar-refractivity contribution in [3.8, 4) is 11.5 Å². The Morgan fingerprint density at radius 3 is 2.42 bits per heavy atom. The summed E-state index contributed by atoms with van der Waals surface area (Å²) in [5.74, 6) is 0.0441. The monoisotopic (exact) mass is 282 g/mol. The summed E-state index contributed by atoms with van der Waals surface area (Å²) in [7, 11) is 0. The number of nitrogen functional groups attached to an aromatic ring is 1. The van der Waals surface area contributed by atoms with Crippen molar-refractivity contribution in [2.24, 2.45) is 0 Å². The highest BCUT2D eigenvalue weighted by atomic mass is 35.5. The summed E-state index contributed by atoms with van der Waals surface area (Å²) >= 11 is 5.61. The van der Waals surface area contributed by atoms with Crippen molar-refractivity contribution < 1.29 is 14.1 Å². The number of nitrogens with two attached hydrogens (primary N) is 1. The second-order valence-corrected chi connectivity index (χ2v) is 4.06. The van der Waals surface area contributed by atoms with Gasteiger partial charge in [0.25, 0.3) is 5.69 Å². The maximum absolute atomic E-state index is 13.0. The third kappa shape index (κ3) is 2.92. The maximum atomic E-state index is 13.0. The van der Waals surface area contributed by atoms with Gasteiger partial charge in [-0.1, -0.05) is 11.6 Å². The predicted octanol–water partition coefficient (Wildman–Crippen LogP) is 3.76. The first-order chi connectivity index (χ1) is 8.97. The second-order valence-electron chi connectivity index (χ2n) is 3.66. The van der Waals surface area contributed by atoms with Gasteiger partial charge in [-0.15, -0.1) is 0 Å². The number of nitrogens with zero attached hydrogens (tertiary/aromatic N) is 1. The van der Waals surface area contributed by atoms with E-state index in [2.05, 4.69) is 0 Å². The minimum Gasteiger partial charge on any atom is -0.457 e. The number of halogens is 2. The highest BCUT2D eigenvalue weighted by Crippen LogP contribution is 2.30. The summed E-state index contributed by atoms with van der Waals surface area (Å²) in [6.07, 6.45) is 0. The van der Waals surface area contributed by atoms with Gasteiger partial charge in [0.1, 0.15) is 23.0 Å². The van der Waals surface area contributed by atoms with Crippen LogP contribution in [0.5, 0.6) is 11.5 Å². The van der Waals surface area contributed by atoms with Crippen molar-refractivity contribution in [3.63, 3.8) is 0 Å². The molecule has 0 saturated carbocycles. The van der Waals surface area contributed by atoms with E-state index in [0.29, 0.717) is 11.5 Å². The van der Waals surface area contributed by atoms with Gasteiger partial charge in [0.05, 0.1) is 9.95 Å². The summed E-state index contributed by atoms with van der Waals surface area (Å²) in [5, 5.41) is 10.5. The molecule has 5 nitrogen and oxygen atoms in total. The molecular weight excluding hydrogens is 275 g/mol. The van der Waals surface area contributed by atoms with Gasteiger partial charge in [0, 0.05) is 18.2 Å². The first-order valence-electron chi connectivity index (χ1n) is 5.14. The molecule has 0 aliphatic rings. The average Bonchev–Trinajstić information content (AvgIpc) is 2.33. The molecule has 2 aromatic rings. The SMILES string of the molecule is Nc1cc(Oc2ccc(F)c(Cl)c2)ccc1[N+](=O)[O-]. The molecule has 19 heavy (non-hydrogen) atoms. The molecule has 0 radical (unpaired) electrons. The van der Waals surface area contributed by atoms with Crippen LogP contribution in [0, 0.1) is 15.9 Å². The Bertz CT molecular complexity index is 649. The Morgan fingerprint density at radius 1 is 1.21 bits per heavy atom. The van der Waals surface area contributed by atoms with Crippen LogP contribution in [0.1, 0.15) is 0 Å². The van der Waals surface area contributed by atoms with E-state index in [1.807, 2.05) is 0 Å². The number of rotatable bonds is 3. The molecule has 0 unspecified atom stereocenters. The van der Waals surface area contributed by atoms with Crippen LogP contribution in [-0.2, 0) is 0 Å². The Balaban J connectivity index is 2.26. The van der Waals surface area contributed by atoms with Gasteiger partial charge in [-0.3, -0.25) is 10.1 Å². The summed E-state index contributed by atoms with van der Waals surface area (Å²) < 4.78 is 18.3. The van der Waals surface area contributed by atoms with Crippen LogP contribution >= 0.6 is 11.6 Å². The largest absolute Gasteiger partial charge is 0.457 e. The van der Waals surface area contributed by atoms with E-state index in [0.717, 1.165) is 6.07 Å². The molecule has 0 spiro atoms. The molecule has 98 valence electrons. The van der Waals surface area contributed by atoms with Gasteiger partial charge < -0.3 is 10.5 Å². The molecule has 0 fully saturated rings. The Labute approximate surface area is 112 Å². The van der Waals surface area contributed by atoms with Gasteiger partial charge in [-0.05, 0) is 18.2 Å². The molecule has 2 aromatic carbocycles. The average molecular weight is 283 g/mol. The van der Waals surface area contributed by atoms with E-state index < -0.39 is 10.7 Å². The molecule has 0 amide bonds. The van der Waals surface area contributed by atoms with Gasteiger partial charge in [-0.2, -0.15) is 0 Å². The maximum Gasteiger partial charge on any atom is 0.292 e. The number of ether oxygens (including phenoxy) is 1. The molecule has 0 aliphatic heterocycles. The topological polar surface area (TPSA) is 78.4 Å². The Kier molecular flexibility index (Phi) is 3.52. The van der Waals surface area contributed by atoms with Crippen LogP contribution in [0.25, 0.3) is 0 Å². The number of anilines is 1. The van der Waals surface area contributed by atoms with E-state index in [9.17, 15) is 14.5 Å². The van der Waals surface area contributed by atoms with E-state index in [4.69, 9.17) is 22.1 Å². The quantitative estimate of drug-likeness (QED) is 0.528. The van der Waals surface area contributed by atoms with Gasteiger partial charge in [-0.25, -0.2) is 4.39 Å². The summed E-state index contributed by atoms with van der Waals surface area (Å²) in [6.45, 7) is 0. The molecule has 0 saturated heterocycles. The van der Waals surface area contributed by atoms with E-state index in [1.54, 1.807) is 0 Å². The number of nitro benzene ring substituents is 1. The fourth-order valence-electron chi connectivity index (χ4n) is 1.44. The zero-order valence-corrected chi connectivity index (χ0v) is 10.2. The highest BCUT2D eigenvalue weighted by molar-refractivity contribution is 6.30. The zero-order valence-electron chi connectivity index (χ0n) is 9.47. The van der Waals surface area contributed by atoms with Crippen molar-refractivity contribution in [1.82, 2.24) is 0 Å². The number of hydrogen-bond acceptors (Lipinski definition) is 4. The molecule has 0 heterocycles. The van der Waals surface area contributed by atoms with Gasteiger partial charge in [0.15, 0.2) is 0 Å². The molecule has 7 heteroatoms. The first-order valence-corrected chi connectivity index (χ1v) is 5.52. The Hall–Kier alpha value is -2.34. The summed E-state index contributed by atoms with van der Waals surface area (Å²) in [6, 6.07) is 7.79. The summed E-state index contributed by atoms with van der Waals surface area (Å²) in [4.78, 5) is 10.0. The number of hydrogen-bond donors (Lipinski definition) is 1. The molecule has 0 atom stereocenters. The third-order valence-electron chi connectivity index (χ3n) is 2.32. The minimum atomic E-state index is -0.589. The number of nitro groups is 1. The van der Waals surface area contributed by atoms with Crippen molar-refractivity contribution in [1.29, 1.82) is 0 Å². The van der Waals surface area contributed by atoms with Crippen molar-refractivity contribution in [2.75, 3.05) is 5.73 Å². The van der Waals surface area contributed by atoms with Crippen LogP contribution in [0.3, 0.4) is 0 Å². The molecule has 0 aromatic heterocycles. The number of benzene rings is 2. The van der Waals surface area contributed by atoms with Crippen molar-refractivity contribution >= 4 is 23.0 Å². The summed E-state index contributed by atoms with van der Waals surface area (Å²) in [5.41, 5.74) is 5.30. The fraction of sp³-hybridized carbons (Fsp3) is 0. The molecular formula is C12H8ClFN2O3. The molecule has 0 bridgehead atoms. The van der Waals surface area contributed by atoms with Gasteiger partial charge in [0.2, 0.25) is 0 Å². The van der Waals surface area contributed by atoms with Crippen LogP contribution in [0.4, 0.5) is 15.8 Å². The van der Waals surface area contributed by atoms with E-state index in [-0.39, 0.29) is 16.4 Å². The first kappa shape index (κ1) is 13.1. The van der Waals surface area contributed by atoms with Crippen LogP contribution in [-0.4, -0.2) is 4.92 Å². The second kappa shape index (κ2) is 5.11. The minimum absolute atomic E-state index is 0.0179. The lowest BCUT2D eigenvalue weighted by atomic mass is 10.2. The van der Waals surface area contributed by atoms with E-state index >= 15 is 0 Å². The molecule has 2 N–H and O–H groups in total. The lowest BCUT2D eigenvalue weighted by molar-refractivity contribution is -0.383. The zero-order chi connectivity index (χ0) is 14.0. The normalized spacial score (nSPS) is 10.2. The van der Waals surface area contributed by atoms with Crippen LogP contribution in [0.2, 0.25) is 5.02 Å². The molecule has 2 rings (SSSR count). The Morgan fingerprint density at radius 2 is 1.84 bits per heavy atom. The predicted molar refractivity (Wildman–Crippen MR) is 69.0 cm³/mol. The molecule has 0 aliphatic carbocycles. The highest BCUT2D eigenvalue weighted by Gasteiger charge is 2.12. The smallest absolute Gasteiger partial charge is 0.292 e. The third-order valence-corrected chi connectivity index (χ3v) is 2.61. The van der Waals surface area contributed by atoms with Gasteiger partial charge >= 0.3 is 0 Å². The lowest BCUT2D eigenvalue weighted by Gasteiger charge is -2.07. The van der Waals surface area contributed by atoms with E-state index in [1.165, 1.54) is 30.3 Å². The van der Waals surface area contributed by atoms with Crippen LogP contribution < -0.4 is 10.5 Å². The van der Waals surface area contributed by atoms with Crippen LogP contribution in [0.15, 0.2) is 36.4 Å². The van der Waals surface area contributed by atoms with Crippen molar-refractivity contribution in [2.45, 2.75) is 0 Å².